The van der Waals surface area contributed by atoms with Crippen LogP contribution in [0.25, 0.3) is 0 Å². The van der Waals surface area contributed by atoms with Crippen LogP contribution >= 0.6 is 0 Å². The molecule has 0 saturated carbocycles. The molecule has 0 unspecified atom stereocenters. The van der Waals surface area contributed by atoms with Crippen molar-refractivity contribution in [1.82, 2.24) is 0 Å². The van der Waals surface area contributed by atoms with Gasteiger partial charge in [0.2, 0.25) is 0 Å². The highest BCUT2D eigenvalue weighted by Gasteiger charge is 2.09. The standard InChI is InChI=1S/C9H13NO3/c1-4-12-9(11)8(5-10)6-13-7(2)3/h6-7H,4H2,1-3H3. The number of nitriles is 1. The Morgan fingerprint density at radius 1 is 1.62 bits per heavy atom. The van der Waals surface area contributed by atoms with Crippen LogP contribution in [0, 0.1) is 11.3 Å². The maximum absolute atomic E-state index is 11.0. The number of hydrogen-bond donors (Lipinski definition) is 0. The summed E-state index contributed by atoms with van der Waals surface area (Å²) in [7, 11) is 0. The third kappa shape index (κ3) is 4.86. The van der Waals surface area contributed by atoms with Gasteiger partial charge in [-0.15, -0.1) is 0 Å². The minimum Gasteiger partial charge on any atom is -0.497 e. The fraction of sp³-hybridized carbons (Fsp3) is 0.556. The maximum atomic E-state index is 11.0. The molecular formula is C9H13NO3. The van der Waals surface area contributed by atoms with Crippen molar-refractivity contribution in [1.29, 1.82) is 5.26 Å². The van der Waals surface area contributed by atoms with E-state index in [2.05, 4.69) is 4.74 Å². The maximum Gasteiger partial charge on any atom is 0.352 e. The Morgan fingerprint density at radius 3 is 2.62 bits per heavy atom. The van der Waals surface area contributed by atoms with E-state index in [1.54, 1.807) is 26.8 Å². The van der Waals surface area contributed by atoms with E-state index in [9.17, 15) is 4.79 Å². The van der Waals surface area contributed by atoms with Gasteiger partial charge in [-0.2, -0.15) is 5.26 Å². The first kappa shape index (κ1) is 11.5. The summed E-state index contributed by atoms with van der Waals surface area (Å²) in [6.45, 7) is 5.53. The predicted molar refractivity (Wildman–Crippen MR) is 46.6 cm³/mol. The van der Waals surface area contributed by atoms with E-state index in [-0.39, 0.29) is 18.3 Å². The molecule has 4 heteroatoms. The van der Waals surface area contributed by atoms with E-state index in [0.717, 1.165) is 6.26 Å². The van der Waals surface area contributed by atoms with Gasteiger partial charge in [0.1, 0.15) is 12.3 Å². The summed E-state index contributed by atoms with van der Waals surface area (Å²) in [5.74, 6) is -0.648. The van der Waals surface area contributed by atoms with Gasteiger partial charge in [0.05, 0.1) is 12.7 Å². The molecule has 0 spiro atoms. The highest BCUT2D eigenvalue weighted by molar-refractivity contribution is 5.92. The molecule has 13 heavy (non-hydrogen) atoms. The van der Waals surface area contributed by atoms with Crippen molar-refractivity contribution >= 4 is 5.97 Å². The summed E-state index contributed by atoms with van der Waals surface area (Å²) in [4.78, 5) is 11.0. The molecule has 0 aliphatic carbocycles. The van der Waals surface area contributed by atoms with E-state index in [1.165, 1.54) is 0 Å². The number of esters is 1. The first-order valence-electron chi connectivity index (χ1n) is 4.04. The number of nitrogens with zero attached hydrogens (tertiary/aromatic N) is 1. The fourth-order valence-corrected chi connectivity index (χ4v) is 0.533. The lowest BCUT2D eigenvalue weighted by Crippen LogP contribution is -2.08. The van der Waals surface area contributed by atoms with Crippen molar-refractivity contribution in [2.75, 3.05) is 6.61 Å². The molecule has 0 aromatic heterocycles. The van der Waals surface area contributed by atoms with Gasteiger partial charge >= 0.3 is 5.97 Å². The zero-order valence-electron chi connectivity index (χ0n) is 8.03. The Kier molecular flexibility index (Phi) is 5.37. The van der Waals surface area contributed by atoms with Crippen LogP contribution in [-0.2, 0) is 14.3 Å². The van der Waals surface area contributed by atoms with Crippen molar-refractivity contribution in [3.05, 3.63) is 11.8 Å². The lowest BCUT2D eigenvalue weighted by atomic mass is 10.3. The average molecular weight is 183 g/mol. The van der Waals surface area contributed by atoms with Crippen LogP contribution in [0.5, 0.6) is 0 Å². The van der Waals surface area contributed by atoms with E-state index >= 15 is 0 Å². The van der Waals surface area contributed by atoms with Gasteiger partial charge in [-0.25, -0.2) is 4.79 Å². The predicted octanol–water partition coefficient (Wildman–Crippen LogP) is 1.38. The molecule has 0 aromatic rings. The zero-order valence-corrected chi connectivity index (χ0v) is 8.03. The molecule has 4 nitrogen and oxygen atoms in total. The van der Waals surface area contributed by atoms with Crippen LogP contribution < -0.4 is 0 Å². The second-order valence-corrected chi connectivity index (χ2v) is 2.55. The first-order valence-corrected chi connectivity index (χ1v) is 4.04. The van der Waals surface area contributed by atoms with Crippen LogP contribution in [0.2, 0.25) is 0 Å². The normalized spacial score (nSPS) is 10.8. The monoisotopic (exact) mass is 183 g/mol. The lowest BCUT2D eigenvalue weighted by molar-refractivity contribution is -0.138. The Labute approximate surface area is 77.8 Å². The highest BCUT2D eigenvalue weighted by atomic mass is 16.5. The number of carbonyl (C=O) groups is 1. The van der Waals surface area contributed by atoms with E-state index in [4.69, 9.17) is 10.00 Å². The Bertz CT molecular complexity index is 238. The summed E-state index contributed by atoms with van der Waals surface area (Å²) in [5.41, 5.74) is -0.115. The van der Waals surface area contributed by atoms with Crippen molar-refractivity contribution in [3.8, 4) is 6.07 Å². The summed E-state index contributed by atoms with van der Waals surface area (Å²) >= 11 is 0. The van der Waals surface area contributed by atoms with Crippen LogP contribution in [0.1, 0.15) is 20.8 Å². The SMILES string of the molecule is CCOC(=O)C(C#N)=COC(C)C. The summed E-state index contributed by atoms with van der Waals surface area (Å²) in [6.07, 6.45) is 1.07. The number of rotatable bonds is 4. The Balaban J connectivity index is 4.26. The quantitative estimate of drug-likeness (QED) is 0.286. The lowest BCUT2D eigenvalue weighted by Gasteiger charge is -2.04. The Morgan fingerprint density at radius 2 is 2.23 bits per heavy atom. The molecule has 0 amide bonds. The third-order valence-electron chi connectivity index (χ3n) is 1.07. The van der Waals surface area contributed by atoms with Gasteiger partial charge in [-0.3, -0.25) is 0 Å². The van der Waals surface area contributed by atoms with Crippen molar-refractivity contribution in [2.45, 2.75) is 26.9 Å². The minimum absolute atomic E-state index is 0.0576. The van der Waals surface area contributed by atoms with Gasteiger partial charge in [-0.1, -0.05) is 0 Å². The van der Waals surface area contributed by atoms with Gasteiger partial charge in [-0.05, 0) is 20.8 Å². The van der Waals surface area contributed by atoms with Gasteiger partial charge in [0.25, 0.3) is 0 Å². The van der Waals surface area contributed by atoms with Gasteiger partial charge in [0.15, 0.2) is 5.57 Å². The third-order valence-corrected chi connectivity index (χ3v) is 1.07. The number of hydrogen-bond acceptors (Lipinski definition) is 4. The molecule has 0 aliphatic rings. The average Bonchev–Trinajstić information content (AvgIpc) is 2.05. The molecule has 0 bridgehead atoms. The van der Waals surface area contributed by atoms with E-state index in [0.29, 0.717) is 0 Å². The summed E-state index contributed by atoms with van der Waals surface area (Å²) in [5, 5.41) is 8.54. The van der Waals surface area contributed by atoms with Gasteiger partial charge < -0.3 is 9.47 Å². The smallest absolute Gasteiger partial charge is 0.352 e. The fourth-order valence-electron chi connectivity index (χ4n) is 0.533. The second kappa shape index (κ2) is 6.06. The van der Waals surface area contributed by atoms with Gasteiger partial charge in [0, 0.05) is 0 Å². The first-order chi connectivity index (χ1) is 6.11. The molecular weight excluding hydrogens is 170 g/mol. The van der Waals surface area contributed by atoms with E-state index in [1.807, 2.05) is 0 Å². The van der Waals surface area contributed by atoms with Crippen LogP contribution in [-0.4, -0.2) is 18.7 Å². The molecule has 0 heterocycles. The molecule has 0 radical (unpaired) electrons. The number of carbonyl (C=O) groups excluding carboxylic acids is 1. The molecule has 0 aliphatic heterocycles. The highest BCUT2D eigenvalue weighted by Crippen LogP contribution is 1.99. The number of ether oxygens (including phenoxy) is 2. The molecule has 0 atom stereocenters. The largest absolute Gasteiger partial charge is 0.497 e. The second-order valence-electron chi connectivity index (χ2n) is 2.55. The molecule has 0 N–H and O–H groups in total. The Hall–Kier alpha value is -1.50. The molecule has 0 saturated heterocycles. The summed E-state index contributed by atoms with van der Waals surface area (Å²) < 4.78 is 9.59. The molecule has 0 aromatic carbocycles. The zero-order chi connectivity index (χ0) is 10.3. The topological polar surface area (TPSA) is 59.3 Å². The summed E-state index contributed by atoms with van der Waals surface area (Å²) in [6, 6.07) is 1.70. The van der Waals surface area contributed by atoms with Crippen LogP contribution in [0.4, 0.5) is 0 Å². The van der Waals surface area contributed by atoms with E-state index < -0.39 is 5.97 Å². The molecule has 0 fully saturated rings. The molecule has 72 valence electrons. The molecule has 0 rings (SSSR count). The minimum atomic E-state index is -0.648. The van der Waals surface area contributed by atoms with Crippen LogP contribution in [0.3, 0.4) is 0 Å². The van der Waals surface area contributed by atoms with Crippen LogP contribution in [0.15, 0.2) is 11.8 Å². The van der Waals surface area contributed by atoms with Crippen molar-refractivity contribution in [2.24, 2.45) is 0 Å². The van der Waals surface area contributed by atoms with Crippen molar-refractivity contribution in [3.63, 3.8) is 0 Å². The van der Waals surface area contributed by atoms with Crippen molar-refractivity contribution < 1.29 is 14.3 Å².